The SMILES string of the molecule is CC(C)c1ccc(NC(=O)Cc2csc(NC(=O)C(C)(C)C)n2)cc1. The molecule has 1 heterocycles. The summed E-state index contributed by atoms with van der Waals surface area (Å²) in [6.45, 7) is 9.79. The number of hydrogen-bond donors (Lipinski definition) is 2. The normalized spacial score (nSPS) is 11.4. The maximum atomic E-state index is 12.2. The Morgan fingerprint density at radius 3 is 2.32 bits per heavy atom. The van der Waals surface area contributed by atoms with E-state index in [0.29, 0.717) is 16.7 Å². The third-order valence-electron chi connectivity index (χ3n) is 3.66. The number of anilines is 2. The Balaban J connectivity index is 1.92. The number of thiazole rings is 1. The van der Waals surface area contributed by atoms with E-state index in [2.05, 4.69) is 29.5 Å². The van der Waals surface area contributed by atoms with E-state index < -0.39 is 5.41 Å². The van der Waals surface area contributed by atoms with Gasteiger partial charge in [-0.3, -0.25) is 9.59 Å². The summed E-state index contributed by atoms with van der Waals surface area (Å²) >= 11 is 1.32. The van der Waals surface area contributed by atoms with E-state index in [1.807, 2.05) is 45.0 Å². The highest BCUT2D eigenvalue weighted by molar-refractivity contribution is 7.13. The Morgan fingerprint density at radius 1 is 1.12 bits per heavy atom. The van der Waals surface area contributed by atoms with Gasteiger partial charge in [0.15, 0.2) is 5.13 Å². The molecule has 0 radical (unpaired) electrons. The quantitative estimate of drug-likeness (QED) is 0.829. The summed E-state index contributed by atoms with van der Waals surface area (Å²) in [6, 6.07) is 7.85. The van der Waals surface area contributed by atoms with Crippen molar-refractivity contribution in [3.63, 3.8) is 0 Å². The third-order valence-corrected chi connectivity index (χ3v) is 4.46. The molecule has 134 valence electrons. The van der Waals surface area contributed by atoms with Gasteiger partial charge in [0, 0.05) is 16.5 Å². The minimum atomic E-state index is -0.481. The highest BCUT2D eigenvalue weighted by Crippen LogP contribution is 2.21. The molecule has 0 bridgehead atoms. The fraction of sp³-hybridized carbons (Fsp3) is 0.421. The molecule has 1 aromatic carbocycles. The summed E-state index contributed by atoms with van der Waals surface area (Å²) < 4.78 is 0. The Bertz CT molecular complexity index is 743. The van der Waals surface area contributed by atoms with E-state index in [4.69, 9.17) is 0 Å². The van der Waals surface area contributed by atoms with E-state index in [-0.39, 0.29) is 18.2 Å². The molecular formula is C19H25N3O2S. The molecule has 0 fully saturated rings. The van der Waals surface area contributed by atoms with Crippen LogP contribution in [0, 0.1) is 5.41 Å². The molecule has 2 amide bonds. The zero-order chi connectivity index (χ0) is 18.6. The highest BCUT2D eigenvalue weighted by atomic mass is 32.1. The van der Waals surface area contributed by atoms with Gasteiger partial charge in [-0.2, -0.15) is 0 Å². The van der Waals surface area contributed by atoms with Crippen molar-refractivity contribution in [1.29, 1.82) is 0 Å². The molecule has 25 heavy (non-hydrogen) atoms. The first-order valence-corrected chi connectivity index (χ1v) is 9.19. The second-order valence-electron chi connectivity index (χ2n) is 7.35. The van der Waals surface area contributed by atoms with Crippen LogP contribution in [0.4, 0.5) is 10.8 Å². The summed E-state index contributed by atoms with van der Waals surface area (Å²) in [7, 11) is 0. The van der Waals surface area contributed by atoms with Crippen LogP contribution in [-0.2, 0) is 16.0 Å². The van der Waals surface area contributed by atoms with Crippen molar-refractivity contribution in [3.8, 4) is 0 Å². The van der Waals surface area contributed by atoms with Gasteiger partial charge in [-0.05, 0) is 23.6 Å². The van der Waals surface area contributed by atoms with Gasteiger partial charge in [-0.25, -0.2) is 4.98 Å². The maximum absolute atomic E-state index is 12.2. The van der Waals surface area contributed by atoms with E-state index in [1.165, 1.54) is 16.9 Å². The molecule has 0 aliphatic carbocycles. The second-order valence-corrected chi connectivity index (χ2v) is 8.21. The summed E-state index contributed by atoms with van der Waals surface area (Å²) in [5.74, 6) is 0.237. The van der Waals surface area contributed by atoms with Gasteiger partial charge < -0.3 is 10.6 Å². The van der Waals surface area contributed by atoms with E-state index >= 15 is 0 Å². The van der Waals surface area contributed by atoms with Crippen molar-refractivity contribution in [3.05, 3.63) is 40.9 Å². The fourth-order valence-electron chi connectivity index (χ4n) is 2.05. The average molecular weight is 359 g/mol. The van der Waals surface area contributed by atoms with Gasteiger partial charge in [0.1, 0.15) is 0 Å². The maximum Gasteiger partial charge on any atom is 0.231 e. The molecule has 0 saturated carbocycles. The Hall–Kier alpha value is -2.21. The number of carbonyl (C=O) groups excluding carboxylic acids is 2. The first-order valence-electron chi connectivity index (χ1n) is 8.31. The van der Waals surface area contributed by atoms with Gasteiger partial charge >= 0.3 is 0 Å². The number of benzene rings is 1. The van der Waals surface area contributed by atoms with Crippen LogP contribution in [0.25, 0.3) is 0 Å². The molecule has 1 aromatic heterocycles. The van der Waals surface area contributed by atoms with Crippen LogP contribution in [0.2, 0.25) is 0 Å². The average Bonchev–Trinajstić information content (AvgIpc) is 2.93. The molecule has 0 saturated heterocycles. The third kappa shape index (κ3) is 5.67. The van der Waals surface area contributed by atoms with Crippen LogP contribution >= 0.6 is 11.3 Å². The molecule has 2 N–H and O–H groups in total. The molecule has 0 unspecified atom stereocenters. The number of amides is 2. The Morgan fingerprint density at radius 2 is 1.76 bits per heavy atom. The molecule has 0 spiro atoms. The minimum absolute atomic E-state index is 0.0944. The molecular weight excluding hydrogens is 334 g/mol. The van der Waals surface area contributed by atoms with Gasteiger partial charge in [0.05, 0.1) is 12.1 Å². The topological polar surface area (TPSA) is 71.1 Å². The van der Waals surface area contributed by atoms with Crippen LogP contribution in [0.15, 0.2) is 29.6 Å². The zero-order valence-corrected chi connectivity index (χ0v) is 16.2. The lowest BCUT2D eigenvalue weighted by molar-refractivity contribution is -0.123. The standard InChI is InChI=1S/C19H25N3O2S/c1-12(2)13-6-8-14(9-7-13)20-16(23)10-15-11-25-18(21-15)22-17(24)19(3,4)5/h6-9,11-12H,10H2,1-5H3,(H,20,23)(H,21,22,24). The van der Waals surface area contributed by atoms with Crippen LogP contribution in [0.1, 0.15) is 51.8 Å². The van der Waals surface area contributed by atoms with Crippen molar-refractivity contribution in [2.75, 3.05) is 10.6 Å². The van der Waals surface area contributed by atoms with Gasteiger partial charge in [0.25, 0.3) is 0 Å². The number of nitrogens with zero attached hydrogens (tertiary/aromatic N) is 1. The highest BCUT2D eigenvalue weighted by Gasteiger charge is 2.22. The molecule has 2 rings (SSSR count). The van der Waals surface area contributed by atoms with Crippen LogP contribution in [-0.4, -0.2) is 16.8 Å². The predicted molar refractivity (Wildman–Crippen MR) is 103 cm³/mol. The lowest BCUT2D eigenvalue weighted by Gasteiger charge is -2.15. The second kappa shape index (κ2) is 7.78. The smallest absolute Gasteiger partial charge is 0.231 e. The van der Waals surface area contributed by atoms with E-state index in [9.17, 15) is 9.59 Å². The first-order chi connectivity index (χ1) is 11.6. The van der Waals surface area contributed by atoms with Crippen molar-refractivity contribution >= 4 is 34.0 Å². The van der Waals surface area contributed by atoms with Crippen molar-refractivity contribution in [2.24, 2.45) is 5.41 Å². The fourth-order valence-corrected chi connectivity index (χ4v) is 2.76. The van der Waals surface area contributed by atoms with Crippen molar-refractivity contribution in [2.45, 2.75) is 47.0 Å². The Labute approximate surface area is 152 Å². The van der Waals surface area contributed by atoms with Crippen LogP contribution < -0.4 is 10.6 Å². The largest absolute Gasteiger partial charge is 0.326 e. The van der Waals surface area contributed by atoms with Gasteiger partial charge in [-0.1, -0.05) is 46.8 Å². The molecule has 0 aliphatic rings. The summed E-state index contributed by atoms with van der Waals surface area (Å²) in [6.07, 6.45) is 0.174. The molecule has 0 aliphatic heterocycles. The number of rotatable bonds is 5. The molecule has 2 aromatic rings. The molecule has 0 atom stereocenters. The Kier molecular flexibility index (Phi) is 5.95. The van der Waals surface area contributed by atoms with Crippen molar-refractivity contribution in [1.82, 2.24) is 4.98 Å². The zero-order valence-electron chi connectivity index (χ0n) is 15.3. The predicted octanol–water partition coefficient (Wildman–Crippen LogP) is 4.43. The van der Waals surface area contributed by atoms with E-state index in [1.54, 1.807) is 5.38 Å². The minimum Gasteiger partial charge on any atom is -0.326 e. The number of carbonyl (C=O) groups is 2. The first kappa shape index (κ1) is 19.1. The number of aromatic nitrogens is 1. The summed E-state index contributed by atoms with van der Waals surface area (Å²) in [5.41, 5.74) is 2.17. The van der Waals surface area contributed by atoms with Crippen molar-refractivity contribution < 1.29 is 9.59 Å². The summed E-state index contributed by atoms with van der Waals surface area (Å²) in [4.78, 5) is 28.4. The lowest BCUT2D eigenvalue weighted by Crippen LogP contribution is -2.27. The monoisotopic (exact) mass is 359 g/mol. The van der Waals surface area contributed by atoms with Crippen LogP contribution in [0.5, 0.6) is 0 Å². The number of hydrogen-bond acceptors (Lipinski definition) is 4. The molecule has 5 nitrogen and oxygen atoms in total. The van der Waals surface area contributed by atoms with Gasteiger partial charge in [0.2, 0.25) is 11.8 Å². The number of nitrogens with one attached hydrogen (secondary N) is 2. The van der Waals surface area contributed by atoms with Crippen LogP contribution in [0.3, 0.4) is 0 Å². The van der Waals surface area contributed by atoms with Gasteiger partial charge in [-0.15, -0.1) is 11.3 Å². The lowest BCUT2D eigenvalue weighted by atomic mass is 9.96. The summed E-state index contributed by atoms with van der Waals surface area (Å²) in [5, 5.41) is 7.96. The molecule has 6 heteroatoms. The van der Waals surface area contributed by atoms with E-state index in [0.717, 1.165) is 5.69 Å².